The first kappa shape index (κ1) is 26.4. The van der Waals surface area contributed by atoms with E-state index in [0.717, 1.165) is 74.0 Å². The number of hydrogen-bond acceptors (Lipinski definition) is 9. The van der Waals surface area contributed by atoms with Crippen LogP contribution in [-0.4, -0.2) is 87.1 Å². The van der Waals surface area contributed by atoms with Gasteiger partial charge in [-0.2, -0.15) is 0 Å². The highest BCUT2D eigenvalue weighted by Gasteiger charge is 2.19. The van der Waals surface area contributed by atoms with Gasteiger partial charge in [-0.1, -0.05) is 19.8 Å². The zero-order valence-corrected chi connectivity index (χ0v) is 21.7. The molecule has 37 heavy (non-hydrogen) atoms. The van der Waals surface area contributed by atoms with Crippen LogP contribution < -0.4 is 10.2 Å². The van der Waals surface area contributed by atoms with Gasteiger partial charge in [0.25, 0.3) is 0 Å². The van der Waals surface area contributed by atoms with E-state index in [1.165, 1.54) is 12.8 Å². The molecule has 1 aliphatic heterocycles. The average molecular weight is 505 g/mol. The number of aromatic nitrogens is 4. The lowest BCUT2D eigenvalue weighted by atomic mass is 10.2. The number of hydrogen-bond donors (Lipinski definition) is 2. The number of nitrogens with one attached hydrogen (secondary N) is 1. The highest BCUT2D eigenvalue weighted by atomic mass is 16.4. The zero-order chi connectivity index (χ0) is 26.0. The smallest absolute Gasteiger partial charge is 0.317 e. The Labute approximate surface area is 218 Å². The minimum Gasteiger partial charge on any atom is -0.480 e. The van der Waals surface area contributed by atoms with Gasteiger partial charge in [-0.3, -0.25) is 19.6 Å². The first-order chi connectivity index (χ1) is 18.0. The van der Waals surface area contributed by atoms with Crippen LogP contribution in [0.25, 0.3) is 11.3 Å². The number of rotatable bonds is 12. The number of anilines is 3. The monoisotopic (exact) mass is 504 g/mol. The molecule has 10 heteroatoms. The third kappa shape index (κ3) is 7.93. The topological polar surface area (TPSA) is 111 Å². The van der Waals surface area contributed by atoms with Crippen LogP contribution in [0.1, 0.15) is 31.7 Å². The summed E-state index contributed by atoms with van der Waals surface area (Å²) in [6.45, 7) is 7.23. The molecule has 1 fully saturated rings. The van der Waals surface area contributed by atoms with Crippen LogP contribution in [0.3, 0.4) is 0 Å². The lowest BCUT2D eigenvalue weighted by Crippen LogP contribution is -2.47. The zero-order valence-electron chi connectivity index (χ0n) is 21.7. The third-order valence-electron chi connectivity index (χ3n) is 6.47. The summed E-state index contributed by atoms with van der Waals surface area (Å²) in [5, 5.41) is 12.3. The number of pyridine rings is 2. The van der Waals surface area contributed by atoms with Gasteiger partial charge >= 0.3 is 5.97 Å². The molecule has 4 heterocycles. The molecule has 0 aromatic carbocycles. The van der Waals surface area contributed by atoms with E-state index >= 15 is 0 Å². The summed E-state index contributed by atoms with van der Waals surface area (Å²) in [5.41, 5.74) is 3.63. The van der Waals surface area contributed by atoms with E-state index in [0.29, 0.717) is 5.95 Å². The van der Waals surface area contributed by atoms with Crippen LogP contribution in [0, 0.1) is 0 Å². The van der Waals surface area contributed by atoms with Crippen LogP contribution in [-0.2, 0) is 11.3 Å². The maximum absolute atomic E-state index is 10.9. The van der Waals surface area contributed by atoms with E-state index in [1.807, 2.05) is 35.5 Å². The summed E-state index contributed by atoms with van der Waals surface area (Å²) in [6, 6.07) is 8.01. The van der Waals surface area contributed by atoms with Gasteiger partial charge in [-0.25, -0.2) is 15.0 Å². The number of unbranched alkanes of at least 4 members (excludes halogenated alkanes) is 2. The number of aliphatic carboxylic acids is 1. The molecule has 0 atom stereocenters. The molecule has 0 aliphatic carbocycles. The Hall–Kier alpha value is -3.63. The molecule has 4 rings (SSSR count). The number of carboxylic acids is 1. The van der Waals surface area contributed by atoms with Gasteiger partial charge < -0.3 is 15.3 Å². The van der Waals surface area contributed by atoms with Crippen molar-refractivity contribution in [1.82, 2.24) is 29.7 Å². The maximum atomic E-state index is 10.9. The Bertz CT molecular complexity index is 1150. The second kappa shape index (κ2) is 13.1. The number of carbonyl (C=O) groups is 1. The summed E-state index contributed by atoms with van der Waals surface area (Å²) in [6.07, 6.45) is 10.8. The molecule has 10 nitrogen and oxygen atoms in total. The molecular weight excluding hydrogens is 468 g/mol. The van der Waals surface area contributed by atoms with E-state index < -0.39 is 5.97 Å². The highest BCUT2D eigenvalue weighted by Crippen LogP contribution is 2.21. The van der Waals surface area contributed by atoms with E-state index in [1.54, 1.807) is 12.4 Å². The Morgan fingerprint density at radius 3 is 2.59 bits per heavy atom. The van der Waals surface area contributed by atoms with Crippen molar-refractivity contribution in [3.05, 3.63) is 54.6 Å². The predicted molar refractivity (Wildman–Crippen MR) is 145 cm³/mol. The fourth-order valence-corrected chi connectivity index (χ4v) is 4.38. The van der Waals surface area contributed by atoms with Crippen LogP contribution in [0.4, 0.5) is 17.5 Å². The van der Waals surface area contributed by atoms with Crippen molar-refractivity contribution in [2.75, 3.05) is 56.5 Å². The van der Waals surface area contributed by atoms with Gasteiger partial charge in [-0.05, 0) is 36.2 Å². The molecule has 1 aliphatic rings. The fourth-order valence-electron chi connectivity index (χ4n) is 4.38. The standard InChI is InChI=1S/C27H36N8O2/c1-3-4-5-10-33(2)25-7-6-22(17-30-25)24-8-9-29-27(32-24)31-23-15-21(16-28-18-23)19-34-11-13-35(14-12-34)20-26(36)37/h6-9,15-18H,3-5,10-14,19-20H2,1-2H3,(H,36,37)(H,29,31,32). The molecule has 1 saturated heterocycles. The molecule has 0 unspecified atom stereocenters. The van der Waals surface area contributed by atoms with Crippen LogP contribution in [0.2, 0.25) is 0 Å². The van der Waals surface area contributed by atoms with E-state index in [4.69, 9.17) is 5.11 Å². The molecular formula is C27H36N8O2. The third-order valence-corrected chi connectivity index (χ3v) is 6.47. The van der Waals surface area contributed by atoms with Gasteiger partial charge in [0.2, 0.25) is 5.95 Å². The number of piperazine rings is 1. The molecule has 3 aromatic rings. The number of carboxylic acid groups (broad SMARTS) is 1. The number of nitrogens with zero attached hydrogens (tertiary/aromatic N) is 7. The minimum absolute atomic E-state index is 0.101. The Balaban J connectivity index is 1.35. The maximum Gasteiger partial charge on any atom is 0.317 e. The Morgan fingerprint density at radius 1 is 1.05 bits per heavy atom. The normalized spacial score (nSPS) is 14.4. The van der Waals surface area contributed by atoms with E-state index in [9.17, 15) is 4.79 Å². The molecule has 3 aromatic heterocycles. The molecule has 0 saturated carbocycles. The molecule has 0 bridgehead atoms. The van der Waals surface area contributed by atoms with Crippen molar-refractivity contribution in [3.8, 4) is 11.3 Å². The molecule has 0 amide bonds. The summed E-state index contributed by atoms with van der Waals surface area (Å²) in [7, 11) is 2.08. The van der Waals surface area contributed by atoms with Gasteiger partial charge in [0.1, 0.15) is 5.82 Å². The van der Waals surface area contributed by atoms with Crippen molar-refractivity contribution in [3.63, 3.8) is 0 Å². The molecule has 0 radical (unpaired) electrons. The lowest BCUT2D eigenvalue weighted by molar-refractivity contribution is -0.138. The second-order valence-corrected chi connectivity index (χ2v) is 9.45. The van der Waals surface area contributed by atoms with Gasteiger partial charge in [0.15, 0.2) is 0 Å². The van der Waals surface area contributed by atoms with E-state index in [-0.39, 0.29) is 6.54 Å². The summed E-state index contributed by atoms with van der Waals surface area (Å²) < 4.78 is 0. The van der Waals surface area contributed by atoms with Crippen LogP contribution in [0.15, 0.2) is 49.1 Å². The minimum atomic E-state index is -0.776. The van der Waals surface area contributed by atoms with Gasteiger partial charge in [0, 0.05) is 70.5 Å². The Kier molecular flexibility index (Phi) is 9.34. The SMILES string of the molecule is CCCCCN(C)c1ccc(-c2ccnc(Nc3cncc(CN4CCN(CC(=O)O)CC4)c3)n2)cn1. The quantitative estimate of drug-likeness (QED) is 0.356. The molecule has 0 spiro atoms. The van der Waals surface area contributed by atoms with Crippen molar-refractivity contribution < 1.29 is 9.90 Å². The van der Waals surface area contributed by atoms with Crippen LogP contribution in [0.5, 0.6) is 0 Å². The van der Waals surface area contributed by atoms with Crippen molar-refractivity contribution in [2.24, 2.45) is 0 Å². The predicted octanol–water partition coefficient (Wildman–Crippen LogP) is 3.51. The fraction of sp³-hybridized carbons (Fsp3) is 0.444. The van der Waals surface area contributed by atoms with Crippen LogP contribution >= 0.6 is 0 Å². The first-order valence-electron chi connectivity index (χ1n) is 12.9. The Morgan fingerprint density at radius 2 is 1.86 bits per heavy atom. The second-order valence-electron chi connectivity index (χ2n) is 9.45. The van der Waals surface area contributed by atoms with Crippen molar-refractivity contribution in [2.45, 2.75) is 32.7 Å². The van der Waals surface area contributed by atoms with E-state index in [2.05, 4.69) is 55.1 Å². The summed E-state index contributed by atoms with van der Waals surface area (Å²) in [4.78, 5) is 35.5. The molecule has 196 valence electrons. The first-order valence-corrected chi connectivity index (χ1v) is 12.9. The summed E-state index contributed by atoms with van der Waals surface area (Å²) >= 11 is 0. The van der Waals surface area contributed by atoms with Gasteiger partial charge in [0.05, 0.1) is 24.1 Å². The average Bonchev–Trinajstić information content (AvgIpc) is 2.90. The van der Waals surface area contributed by atoms with Crippen molar-refractivity contribution >= 4 is 23.4 Å². The van der Waals surface area contributed by atoms with Gasteiger partial charge in [-0.15, -0.1) is 0 Å². The largest absolute Gasteiger partial charge is 0.480 e. The molecule has 2 N–H and O–H groups in total. The lowest BCUT2D eigenvalue weighted by Gasteiger charge is -2.33. The highest BCUT2D eigenvalue weighted by molar-refractivity contribution is 5.69. The van der Waals surface area contributed by atoms with Crippen molar-refractivity contribution in [1.29, 1.82) is 0 Å². The summed E-state index contributed by atoms with van der Waals surface area (Å²) in [5.74, 6) is 0.680.